The van der Waals surface area contributed by atoms with E-state index in [0.717, 1.165) is 29.9 Å². The lowest BCUT2D eigenvalue weighted by molar-refractivity contribution is 0.0293. The second-order valence-corrected chi connectivity index (χ2v) is 7.67. The maximum absolute atomic E-state index is 12.2. The fourth-order valence-electron chi connectivity index (χ4n) is 2.91. The van der Waals surface area contributed by atoms with Gasteiger partial charge in [-0.05, 0) is 33.6 Å². The highest BCUT2D eigenvalue weighted by molar-refractivity contribution is 6.29. The number of hydrogen-bond acceptors (Lipinski definition) is 5. The van der Waals surface area contributed by atoms with Gasteiger partial charge < -0.3 is 15.0 Å². The summed E-state index contributed by atoms with van der Waals surface area (Å²) in [5.41, 5.74) is 1.32. The number of halogens is 1. The molecule has 0 bridgehead atoms. The fourth-order valence-corrected chi connectivity index (χ4v) is 3.09. The third-order valence-corrected chi connectivity index (χ3v) is 4.28. The van der Waals surface area contributed by atoms with Gasteiger partial charge >= 0.3 is 6.09 Å². The molecular weight excluding hydrogens is 342 g/mol. The highest BCUT2D eigenvalue weighted by Gasteiger charge is 2.30. The minimum Gasteiger partial charge on any atom is -0.444 e. The fraction of sp³-hybridized carbons (Fsp3) is 0.588. The molecule has 2 aromatic heterocycles. The first-order valence-corrected chi connectivity index (χ1v) is 8.92. The summed E-state index contributed by atoms with van der Waals surface area (Å²) in [5, 5.41) is 8.26. The Morgan fingerprint density at radius 3 is 2.92 bits per heavy atom. The largest absolute Gasteiger partial charge is 0.444 e. The van der Waals surface area contributed by atoms with Crippen LogP contribution in [0.25, 0.3) is 5.65 Å². The molecule has 1 atom stereocenters. The molecule has 7 nitrogen and oxygen atoms in total. The van der Waals surface area contributed by atoms with Crippen molar-refractivity contribution in [1.82, 2.24) is 19.5 Å². The quantitative estimate of drug-likeness (QED) is 0.844. The summed E-state index contributed by atoms with van der Waals surface area (Å²) in [6, 6.07) is 1.88. The number of anilines is 1. The van der Waals surface area contributed by atoms with Gasteiger partial charge in [-0.15, -0.1) is 0 Å². The molecule has 1 amide bonds. The molecule has 2 aromatic rings. The van der Waals surface area contributed by atoms with E-state index in [2.05, 4.69) is 22.3 Å². The van der Waals surface area contributed by atoms with Crippen molar-refractivity contribution < 1.29 is 9.53 Å². The Balaban J connectivity index is 1.73. The number of aromatic nitrogens is 3. The van der Waals surface area contributed by atoms with Crippen LogP contribution in [0, 0.1) is 0 Å². The molecule has 0 spiro atoms. The Kier molecular flexibility index (Phi) is 4.77. The number of hydrogen-bond donors (Lipinski definition) is 1. The molecule has 3 heterocycles. The van der Waals surface area contributed by atoms with Crippen LogP contribution < -0.4 is 5.32 Å². The van der Waals surface area contributed by atoms with E-state index in [1.165, 1.54) is 0 Å². The summed E-state index contributed by atoms with van der Waals surface area (Å²) in [6.07, 6.45) is 3.21. The van der Waals surface area contributed by atoms with Gasteiger partial charge in [-0.1, -0.05) is 18.5 Å². The molecule has 0 saturated carbocycles. The standard InChI is InChI=1S/C17H24ClN5O2/c1-5-11-9-19-23-14(8-13(18)21-15(11)23)20-12-6-7-22(10-12)16(24)25-17(2,3)4/h8-9,12,20H,5-7,10H2,1-4H3/t12-/m0/s1. The lowest BCUT2D eigenvalue weighted by atomic mass is 10.2. The zero-order valence-corrected chi connectivity index (χ0v) is 15.8. The summed E-state index contributed by atoms with van der Waals surface area (Å²) < 4.78 is 7.20. The van der Waals surface area contributed by atoms with E-state index in [1.807, 2.05) is 27.0 Å². The normalized spacial score (nSPS) is 18.0. The van der Waals surface area contributed by atoms with Crippen molar-refractivity contribution in [3.8, 4) is 0 Å². The molecule has 0 radical (unpaired) electrons. The average Bonchev–Trinajstić information content (AvgIpc) is 3.12. The summed E-state index contributed by atoms with van der Waals surface area (Å²) in [6.45, 7) is 8.91. The molecule has 0 unspecified atom stereocenters. The van der Waals surface area contributed by atoms with Gasteiger partial charge in [-0.2, -0.15) is 9.61 Å². The van der Waals surface area contributed by atoms with Crippen LogP contribution in [0.15, 0.2) is 12.3 Å². The molecule has 3 rings (SSSR count). The van der Waals surface area contributed by atoms with Crippen LogP contribution in [-0.4, -0.2) is 50.3 Å². The minimum absolute atomic E-state index is 0.114. The smallest absolute Gasteiger partial charge is 0.410 e. The summed E-state index contributed by atoms with van der Waals surface area (Å²) in [4.78, 5) is 18.3. The van der Waals surface area contributed by atoms with Gasteiger partial charge in [0.05, 0.1) is 6.20 Å². The van der Waals surface area contributed by atoms with Gasteiger partial charge in [0.1, 0.15) is 16.6 Å². The predicted molar refractivity (Wildman–Crippen MR) is 97.2 cm³/mol. The zero-order chi connectivity index (χ0) is 18.2. The molecule has 1 fully saturated rings. The SMILES string of the molecule is CCc1cnn2c(N[C@H]3CCN(C(=O)OC(C)(C)C)C3)cc(Cl)nc12. The number of carbonyl (C=O) groups is 1. The van der Waals surface area contributed by atoms with Crippen molar-refractivity contribution in [3.05, 3.63) is 23.0 Å². The Bertz CT molecular complexity index is 783. The van der Waals surface area contributed by atoms with Gasteiger partial charge in [0.2, 0.25) is 0 Å². The monoisotopic (exact) mass is 365 g/mol. The lowest BCUT2D eigenvalue weighted by Gasteiger charge is -2.24. The van der Waals surface area contributed by atoms with Gasteiger partial charge in [-0.25, -0.2) is 9.78 Å². The average molecular weight is 366 g/mol. The molecular formula is C17H24ClN5O2. The number of ether oxygens (including phenoxy) is 1. The van der Waals surface area contributed by atoms with E-state index in [-0.39, 0.29) is 12.1 Å². The van der Waals surface area contributed by atoms with E-state index in [9.17, 15) is 4.79 Å². The summed E-state index contributed by atoms with van der Waals surface area (Å²) in [5.74, 6) is 0.783. The molecule has 1 aliphatic heterocycles. The lowest BCUT2D eigenvalue weighted by Crippen LogP contribution is -2.36. The van der Waals surface area contributed by atoms with Gasteiger partial charge in [0.25, 0.3) is 0 Å². The number of aryl methyl sites for hydroxylation is 1. The highest BCUT2D eigenvalue weighted by Crippen LogP contribution is 2.23. The first kappa shape index (κ1) is 17.8. The Labute approximate surface area is 152 Å². The van der Waals surface area contributed by atoms with Crippen LogP contribution >= 0.6 is 11.6 Å². The number of likely N-dealkylation sites (tertiary alicyclic amines) is 1. The molecule has 1 aliphatic rings. The van der Waals surface area contributed by atoms with Crippen molar-refractivity contribution >= 4 is 29.2 Å². The number of amides is 1. The zero-order valence-electron chi connectivity index (χ0n) is 15.0. The molecule has 0 aromatic carbocycles. The van der Waals surface area contributed by atoms with Gasteiger partial charge in [0.15, 0.2) is 5.65 Å². The van der Waals surface area contributed by atoms with Crippen molar-refractivity contribution in [2.24, 2.45) is 0 Å². The van der Waals surface area contributed by atoms with Crippen LogP contribution in [0.1, 0.15) is 39.7 Å². The van der Waals surface area contributed by atoms with Crippen LogP contribution in [-0.2, 0) is 11.2 Å². The van der Waals surface area contributed by atoms with Gasteiger partial charge in [0, 0.05) is 30.8 Å². The van der Waals surface area contributed by atoms with E-state index < -0.39 is 5.60 Å². The molecule has 25 heavy (non-hydrogen) atoms. The Hall–Kier alpha value is -2.02. The van der Waals surface area contributed by atoms with Crippen LogP contribution in [0.2, 0.25) is 5.15 Å². The van der Waals surface area contributed by atoms with Crippen LogP contribution in [0.4, 0.5) is 10.6 Å². The van der Waals surface area contributed by atoms with Crippen LogP contribution in [0.3, 0.4) is 0 Å². The topological polar surface area (TPSA) is 71.8 Å². The van der Waals surface area contributed by atoms with E-state index in [0.29, 0.717) is 18.2 Å². The van der Waals surface area contributed by atoms with E-state index >= 15 is 0 Å². The molecule has 1 saturated heterocycles. The Morgan fingerprint density at radius 1 is 1.48 bits per heavy atom. The number of nitrogens with one attached hydrogen (secondary N) is 1. The van der Waals surface area contributed by atoms with E-state index in [1.54, 1.807) is 15.5 Å². The number of nitrogens with zero attached hydrogens (tertiary/aromatic N) is 4. The third-order valence-electron chi connectivity index (χ3n) is 4.09. The molecule has 1 N–H and O–H groups in total. The van der Waals surface area contributed by atoms with Gasteiger partial charge in [-0.3, -0.25) is 0 Å². The summed E-state index contributed by atoms with van der Waals surface area (Å²) in [7, 11) is 0. The first-order valence-electron chi connectivity index (χ1n) is 8.54. The highest BCUT2D eigenvalue weighted by atomic mass is 35.5. The van der Waals surface area contributed by atoms with Crippen molar-refractivity contribution in [2.45, 2.75) is 52.2 Å². The molecule has 8 heteroatoms. The number of rotatable bonds is 3. The third kappa shape index (κ3) is 3.98. The van der Waals surface area contributed by atoms with Crippen molar-refractivity contribution in [2.75, 3.05) is 18.4 Å². The second kappa shape index (κ2) is 6.71. The summed E-state index contributed by atoms with van der Waals surface area (Å²) >= 11 is 6.17. The Morgan fingerprint density at radius 2 is 2.24 bits per heavy atom. The maximum Gasteiger partial charge on any atom is 0.410 e. The van der Waals surface area contributed by atoms with Crippen molar-refractivity contribution in [1.29, 1.82) is 0 Å². The molecule has 136 valence electrons. The number of carbonyl (C=O) groups excluding carboxylic acids is 1. The second-order valence-electron chi connectivity index (χ2n) is 7.28. The first-order chi connectivity index (χ1) is 11.8. The van der Waals surface area contributed by atoms with Crippen LogP contribution in [0.5, 0.6) is 0 Å². The number of fused-ring (bicyclic) bond motifs is 1. The predicted octanol–water partition coefficient (Wildman–Crippen LogP) is 3.37. The maximum atomic E-state index is 12.2. The van der Waals surface area contributed by atoms with E-state index in [4.69, 9.17) is 16.3 Å². The van der Waals surface area contributed by atoms with Crippen molar-refractivity contribution in [3.63, 3.8) is 0 Å². The molecule has 0 aliphatic carbocycles. The minimum atomic E-state index is -0.487.